The average molecular weight is 402 g/mol. The Morgan fingerprint density at radius 3 is 2.41 bits per heavy atom. The Bertz CT molecular complexity index is 904. The van der Waals surface area contributed by atoms with Gasteiger partial charge in [0.1, 0.15) is 11.5 Å². The number of halogens is 1. The molecule has 0 aliphatic carbocycles. The number of Topliss-reactive ketones (excluding diaryl/α,β-unsaturated/α-hetero) is 1. The Kier molecular flexibility index (Phi) is 7.70. The largest absolute Gasteiger partial charge is 0.462 e. The highest BCUT2D eigenvalue weighted by Crippen LogP contribution is 2.33. The minimum atomic E-state index is -0.806. The second-order valence-corrected chi connectivity index (χ2v) is 6.64. The van der Waals surface area contributed by atoms with Crippen LogP contribution in [0.4, 0.5) is 4.39 Å². The lowest BCUT2D eigenvalue weighted by Gasteiger charge is -2.19. The Labute approximate surface area is 170 Å². The molecule has 1 amide bonds. The third kappa shape index (κ3) is 4.72. The summed E-state index contributed by atoms with van der Waals surface area (Å²) >= 11 is 0. The van der Waals surface area contributed by atoms with Crippen molar-refractivity contribution in [2.75, 3.05) is 19.7 Å². The molecule has 2 aromatic rings. The molecule has 7 heteroatoms. The number of unbranched alkanes of at least 4 members (excludes halogenated alkanes) is 1. The number of likely N-dealkylation sites (N-methyl/N-ethyl adjacent to an activating group) is 1. The maximum Gasteiger partial charge on any atom is 0.340 e. The summed E-state index contributed by atoms with van der Waals surface area (Å²) in [7, 11) is 0. The van der Waals surface area contributed by atoms with Crippen molar-refractivity contribution in [1.82, 2.24) is 9.88 Å². The number of rotatable bonds is 9. The Balaban J connectivity index is 2.61. The first-order valence-corrected chi connectivity index (χ1v) is 9.85. The van der Waals surface area contributed by atoms with Crippen LogP contribution in [-0.4, -0.2) is 47.2 Å². The highest BCUT2D eigenvalue weighted by Gasteiger charge is 2.32. The molecule has 1 heterocycles. The van der Waals surface area contributed by atoms with E-state index in [2.05, 4.69) is 4.98 Å². The molecule has 29 heavy (non-hydrogen) atoms. The summed E-state index contributed by atoms with van der Waals surface area (Å²) in [6, 6.07) is 5.82. The standard InChI is InChI=1S/C22H27FN2O4/c1-5-8-13-25(6-2)21(27)20(26)19-18(15-11-9-10-12-16(15)23)17(14(4)24-19)22(28)29-7-3/h9-12,24H,5-8,13H2,1-4H3. The van der Waals surface area contributed by atoms with Gasteiger partial charge in [0, 0.05) is 29.9 Å². The van der Waals surface area contributed by atoms with E-state index < -0.39 is 23.5 Å². The van der Waals surface area contributed by atoms with E-state index in [-0.39, 0.29) is 29.0 Å². The number of aromatic amines is 1. The topological polar surface area (TPSA) is 79.5 Å². The van der Waals surface area contributed by atoms with Gasteiger partial charge in [-0.25, -0.2) is 9.18 Å². The van der Waals surface area contributed by atoms with Crippen molar-refractivity contribution < 1.29 is 23.5 Å². The number of carbonyl (C=O) groups excluding carboxylic acids is 3. The first-order chi connectivity index (χ1) is 13.9. The van der Waals surface area contributed by atoms with Gasteiger partial charge in [0.15, 0.2) is 0 Å². The quantitative estimate of drug-likeness (QED) is 0.388. The van der Waals surface area contributed by atoms with Crippen LogP contribution >= 0.6 is 0 Å². The number of amides is 1. The van der Waals surface area contributed by atoms with E-state index in [9.17, 15) is 18.8 Å². The molecule has 0 saturated heterocycles. The maximum absolute atomic E-state index is 14.6. The predicted molar refractivity (Wildman–Crippen MR) is 108 cm³/mol. The van der Waals surface area contributed by atoms with E-state index in [4.69, 9.17) is 4.74 Å². The first-order valence-electron chi connectivity index (χ1n) is 9.85. The summed E-state index contributed by atoms with van der Waals surface area (Å²) < 4.78 is 19.7. The molecule has 1 aromatic heterocycles. The van der Waals surface area contributed by atoms with Crippen LogP contribution in [0.2, 0.25) is 0 Å². The van der Waals surface area contributed by atoms with Crippen molar-refractivity contribution in [3.8, 4) is 11.1 Å². The van der Waals surface area contributed by atoms with Gasteiger partial charge in [0.25, 0.3) is 11.7 Å². The molecule has 0 aliphatic rings. The van der Waals surface area contributed by atoms with Crippen LogP contribution in [0.25, 0.3) is 11.1 Å². The van der Waals surface area contributed by atoms with E-state index >= 15 is 0 Å². The van der Waals surface area contributed by atoms with Gasteiger partial charge in [-0.3, -0.25) is 9.59 Å². The lowest BCUT2D eigenvalue weighted by atomic mass is 9.97. The minimum Gasteiger partial charge on any atom is -0.462 e. The molecule has 0 bridgehead atoms. The van der Waals surface area contributed by atoms with Crippen LogP contribution in [0, 0.1) is 12.7 Å². The maximum atomic E-state index is 14.6. The molecule has 0 unspecified atom stereocenters. The summed E-state index contributed by atoms with van der Waals surface area (Å²) in [5.74, 6) is -2.77. The molecule has 1 N–H and O–H groups in total. The number of nitrogens with zero attached hydrogens (tertiary/aromatic N) is 1. The number of hydrogen-bond acceptors (Lipinski definition) is 4. The van der Waals surface area contributed by atoms with Gasteiger partial charge in [-0.2, -0.15) is 0 Å². The second-order valence-electron chi connectivity index (χ2n) is 6.64. The van der Waals surface area contributed by atoms with Crippen molar-refractivity contribution in [2.45, 2.75) is 40.5 Å². The lowest BCUT2D eigenvalue weighted by molar-refractivity contribution is -0.126. The highest BCUT2D eigenvalue weighted by molar-refractivity contribution is 6.43. The molecule has 156 valence electrons. The number of ether oxygens (including phenoxy) is 1. The van der Waals surface area contributed by atoms with Crippen LogP contribution < -0.4 is 0 Å². The van der Waals surface area contributed by atoms with Gasteiger partial charge in [-0.1, -0.05) is 31.5 Å². The van der Waals surface area contributed by atoms with E-state index in [1.807, 2.05) is 6.92 Å². The van der Waals surface area contributed by atoms with Crippen molar-refractivity contribution in [3.63, 3.8) is 0 Å². The number of hydrogen-bond donors (Lipinski definition) is 1. The van der Waals surface area contributed by atoms with Gasteiger partial charge >= 0.3 is 5.97 Å². The fraction of sp³-hybridized carbons (Fsp3) is 0.409. The Hall–Kier alpha value is -2.96. The lowest BCUT2D eigenvalue weighted by Crippen LogP contribution is -2.37. The fourth-order valence-corrected chi connectivity index (χ4v) is 3.19. The summed E-state index contributed by atoms with van der Waals surface area (Å²) in [6.07, 6.45) is 1.65. The molecular formula is C22H27FN2O4. The zero-order chi connectivity index (χ0) is 21.6. The van der Waals surface area contributed by atoms with Crippen LogP contribution in [0.5, 0.6) is 0 Å². The number of aryl methyl sites for hydroxylation is 1. The van der Waals surface area contributed by atoms with Gasteiger partial charge < -0.3 is 14.6 Å². The highest BCUT2D eigenvalue weighted by atomic mass is 19.1. The normalized spacial score (nSPS) is 10.7. The third-order valence-electron chi connectivity index (χ3n) is 4.68. The predicted octanol–water partition coefficient (Wildman–Crippen LogP) is 4.14. The first kappa shape index (κ1) is 22.3. The third-order valence-corrected chi connectivity index (χ3v) is 4.68. The number of aromatic nitrogens is 1. The Morgan fingerprint density at radius 2 is 1.83 bits per heavy atom. The van der Waals surface area contributed by atoms with Crippen molar-refractivity contribution in [3.05, 3.63) is 47.0 Å². The van der Waals surface area contributed by atoms with Gasteiger partial charge in [0.05, 0.1) is 12.2 Å². The van der Waals surface area contributed by atoms with Crippen LogP contribution in [0.3, 0.4) is 0 Å². The van der Waals surface area contributed by atoms with Crippen LogP contribution in [0.15, 0.2) is 24.3 Å². The van der Waals surface area contributed by atoms with Gasteiger partial charge in [0.2, 0.25) is 0 Å². The number of carbonyl (C=O) groups is 3. The zero-order valence-corrected chi connectivity index (χ0v) is 17.3. The SMILES string of the molecule is CCCCN(CC)C(=O)C(=O)c1[nH]c(C)c(C(=O)OCC)c1-c1ccccc1F. The number of esters is 1. The summed E-state index contributed by atoms with van der Waals surface area (Å²) in [5, 5.41) is 0. The Morgan fingerprint density at radius 1 is 1.14 bits per heavy atom. The zero-order valence-electron chi connectivity index (χ0n) is 17.3. The van der Waals surface area contributed by atoms with E-state index in [0.717, 1.165) is 12.8 Å². The number of nitrogens with one attached hydrogen (secondary N) is 1. The summed E-state index contributed by atoms with van der Waals surface area (Å²) in [5.41, 5.74) is 0.423. The van der Waals surface area contributed by atoms with Gasteiger partial charge in [-0.05, 0) is 33.3 Å². The van der Waals surface area contributed by atoms with Crippen molar-refractivity contribution >= 4 is 17.7 Å². The van der Waals surface area contributed by atoms with E-state index in [1.54, 1.807) is 26.8 Å². The number of benzene rings is 1. The van der Waals surface area contributed by atoms with Crippen LogP contribution in [0.1, 0.15) is 60.2 Å². The molecule has 0 fully saturated rings. The van der Waals surface area contributed by atoms with Crippen molar-refractivity contribution in [2.24, 2.45) is 0 Å². The van der Waals surface area contributed by atoms with Gasteiger partial charge in [-0.15, -0.1) is 0 Å². The molecule has 2 rings (SSSR count). The van der Waals surface area contributed by atoms with Crippen molar-refractivity contribution in [1.29, 1.82) is 0 Å². The molecule has 1 aromatic carbocycles. The molecule has 0 saturated carbocycles. The molecule has 0 atom stereocenters. The average Bonchev–Trinajstić information content (AvgIpc) is 3.05. The smallest absolute Gasteiger partial charge is 0.340 e. The monoisotopic (exact) mass is 402 g/mol. The molecular weight excluding hydrogens is 375 g/mol. The second kappa shape index (κ2) is 10.0. The number of ketones is 1. The fourth-order valence-electron chi connectivity index (χ4n) is 3.19. The molecule has 6 nitrogen and oxygen atoms in total. The summed E-state index contributed by atoms with van der Waals surface area (Å²) in [4.78, 5) is 42.7. The minimum absolute atomic E-state index is 0.0592. The summed E-state index contributed by atoms with van der Waals surface area (Å²) in [6.45, 7) is 8.00. The van der Waals surface area contributed by atoms with E-state index in [0.29, 0.717) is 18.8 Å². The number of H-pyrrole nitrogens is 1. The molecule has 0 spiro atoms. The van der Waals surface area contributed by atoms with E-state index in [1.165, 1.54) is 23.1 Å². The molecule has 0 aliphatic heterocycles. The molecule has 0 radical (unpaired) electrons. The van der Waals surface area contributed by atoms with Crippen LogP contribution in [-0.2, 0) is 9.53 Å².